The summed E-state index contributed by atoms with van der Waals surface area (Å²) in [4.78, 5) is 15.3. The number of carbonyl (C=O) groups is 1. The molecule has 0 bridgehead atoms. The highest BCUT2D eigenvalue weighted by molar-refractivity contribution is 7.89. The molecule has 8 nitrogen and oxygen atoms in total. The lowest BCUT2D eigenvalue weighted by molar-refractivity contribution is -0.114. The molecule has 1 amide bonds. The molecule has 1 unspecified atom stereocenters. The van der Waals surface area contributed by atoms with E-state index in [2.05, 4.69) is 10.3 Å². The predicted molar refractivity (Wildman–Crippen MR) is 97.5 cm³/mol. The summed E-state index contributed by atoms with van der Waals surface area (Å²) in [6, 6.07) is 11.1. The van der Waals surface area contributed by atoms with Crippen molar-refractivity contribution < 1.29 is 17.9 Å². The largest absolute Gasteiger partial charge is 0.473 e. The van der Waals surface area contributed by atoms with E-state index in [4.69, 9.17) is 10.00 Å². The highest BCUT2D eigenvalue weighted by atomic mass is 32.2. The van der Waals surface area contributed by atoms with Gasteiger partial charge in [0.25, 0.3) is 0 Å². The third-order valence-corrected chi connectivity index (χ3v) is 5.95. The number of anilines is 1. The SMILES string of the molecule is CC(=O)Nc1ccc(S(=O)(=O)N2CCC(Oc3cc(C#N)ccn3)C2)cc1. The Kier molecular flexibility index (Phi) is 5.39. The molecule has 1 aliphatic heterocycles. The Bertz CT molecular complexity index is 983. The fourth-order valence-corrected chi connectivity index (χ4v) is 4.28. The van der Waals surface area contributed by atoms with Crippen LogP contribution in [0.15, 0.2) is 47.5 Å². The predicted octanol–water partition coefficient (Wildman–Crippen LogP) is 1.75. The van der Waals surface area contributed by atoms with Crippen LogP contribution in [0, 0.1) is 11.3 Å². The van der Waals surface area contributed by atoms with Crippen LogP contribution in [0.25, 0.3) is 0 Å². The Balaban J connectivity index is 1.68. The summed E-state index contributed by atoms with van der Waals surface area (Å²) >= 11 is 0. The van der Waals surface area contributed by atoms with Crippen molar-refractivity contribution >= 4 is 21.6 Å². The van der Waals surface area contributed by atoms with E-state index < -0.39 is 10.0 Å². The number of ether oxygens (including phenoxy) is 1. The standard InChI is InChI=1S/C18H18N4O4S/c1-13(23)21-15-2-4-17(5-3-15)27(24,25)22-9-7-16(12-22)26-18-10-14(11-19)6-8-20-18/h2-6,8,10,16H,7,9,12H2,1H3,(H,21,23). The average molecular weight is 386 g/mol. The minimum atomic E-state index is -3.65. The van der Waals surface area contributed by atoms with Crippen LogP contribution in [-0.4, -0.2) is 42.8 Å². The number of rotatable bonds is 5. The van der Waals surface area contributed by atoms with Crippen LogP contribution in [0.1, 0.15) is 18.9 Å². The fourth-order valence-electron chi connectivity index (χ4n) is 2.79. The number of sulfonamides is 1. The molecule has 1 aromatic heterocycles. The molecule has 0 aliphatic carbocycles. The number of nitriles is 1. The molecule has 2 aromatic rings. The van der Waals surface area contributed by atoms with Gasteiger partial charge in [-0.25, -0.2) is 13.4 Å². The van der Waals surface area contributed by atoms with E-state index in [0.717, 1.165) is 0 Å². The van der Waals surface area contributed by atoms with Gasteiger partial charge < -0.3 is 10.1 Å². The number of nitrogens with zero attached hydrogens (tertiary/aromatic N) is 3. The van der Waals surface area contributed by atoms with E-state index >= 15 is 0 Å². The molecule has 9 heteroatoms. The van der Waals surface area contributed by atoms with Crippen LogP contribution < -0.4 is 10.1 Å². The van der Waals surface area contributed by atoms with Gasteiger partial charge in [0.1, 0.15) is 6.10 Å². The summed E-state index contributed by atoms with van der Waals surface area (Å²) in [6.45, 7) is 1.92. The maximum atomic E-state index is 12.8. The molecule has 0 radical (unpaired) electrons. The summed E-state index contributed by atoms with van der Waals surface area (Å²) in [5.41, 5.74) is 0.967. The number of nitrogens with one attached hydrogen (secondary N) is 1. The lowest BCUT2D eigenvalue weighted by Crippen LogP contribution is -2.31. The van der Waals surface area contributed by atoms with E-state index in [1.54, 1.807) is 18.2 Å². The molecule has 1 aromatic carbocycles. The van der Waals surface area contributed by atoms with Gasteiger partial charge in [0.15, 0.2) is 0 Å². The smallest absolute Gasteiger partial charge is 0.243 e. The van der Waals surface area contributed by atoms with Crippen LogP contribution in [-0.2, 0) is 14.8 Å². The van der Waals surface area contributed by atoms with Gasteiger partial charge in [-0.05, 0) is 36.8 Å². The number of pyridine rings is 1. The van der Waals surface area contributed by atoms with Gasteiger partial charge in [-0.15, -0.1) is 0 Å². The topological polar surface area (TPSA) is 112 Å². The van der Waals surface area contributed by atoms with Crippen molar-refractivity contribution in [2.24, 2.45) is 0 Å². The first-order chi connectivity index (χ1) is 12.9. The Hall–Kier alpha value is -2.96. The van der Waals surface area contributed by atoms with Crippen LogP contribution in [0.3, 0.4) is 0 Å². The molecule has 0 spiro atoms. The summed E-state index contributed by atoms with van der Waals surface area (Å²) in [5.74, 6) is 0.0807. The number of aromatic nitrogens is 1. The normalized spacial score (nSPS) is 17.3. The maximum Gasteiger partial charge on any atom is 0.243 e. The molecule has 140 valence electrons. The number of hydrogen-bond acceptors (Lipinski definition) is 6. The van der Waals surface area contributed by atoms with Crippen LogP contribution in [0.5, 0.6) is 5.88 Å². The molecule has 1 aliphatic rings. The van der Waals surface area contributed by atoms with Crippen LogP contribution in [0.2, 0.25) is 0 Å². The Morgan fingerprint density at radius 2 is 2.07 bits per heavy atom. The number of carbonyl (C=O) groups excluding carboxylic acids is 1. The molecule has 1 fully saturated rings. The third kappa shape index (κ3) is 4.42. The van der Waals surface area contributed by atoms with Crippen molar-refractivity contribution in [2.45, 2.75) is 24.3 Å². The molecule has 1 N–H and O–H groups in total. The lowest BCUT2D eigenvalue weighted by atomic mass is 10.3. The van der Waals surface area contributed by atoms with Gasteiger partial charge in [-0.1, -0.05) is 0 Å². The molecule has 3 rings (SSSR count). The molecule has 2 heterocycles. The van der Waals surface area contributed by atoms with E-state index in [1.165, 1.54) is 35.6 Å². The van der Waals surface area contributed by atoms with E-state index in [0.29, 0.717) is 30.1 Å². The van der Waals surface area contributed by atoms with Gasteiger partial charge in [-0.2, -0.15) is 9.57 Å². The third-order valence-electron chi connectivity index (χ3n) is 4.07. The summed E-state index contributed by atoms with van der Waals surface area (Å²) in [7, 11) is -3.65. The zero-order chi connectivity index (χ0) is 19.4. The highest BCUT2D eigenvalue weighted by Crippen LogP contribution is 2.24. The monoisotopic (exact) mass is 386 g/mol. The minimum Gasteiger partial charge on any atom is -0.473 e. The Labute approximate surface area is 157 Å². The second kappa shape index (κ2) is 7.73. The van der Waals surface area contributed by atoms with Gasteiger partial charge >= 0.3 is 0 Å². The van der Waals surface area contributed by atoms with Crippen molar-refractivity contribution in [3.8, 4) is 11.9 Å². The van der Waals surface area contributed by atoms with Crippen molar-refractivity contribution in [3.05, 3.63) is 48.2 Å². The lowest BCUT2D eigenvalue weighted by Gasteiger charge is -2.17. The molecule has 27 heavy (non-hydrogen) atoms. The van der Waals surface area contributed by atoms with E-state index in [9.17, 15) is 13.2 Å². The molecule has 0 saturated carbocycles. The number of hydrogen-bond donors (Lipinski definition) is 1. The summed E-state index contributed by atoms with van der Waals surface area (Å²) < 4.78 is 32.7. The second-order valence-corrected chi connectivity index (χ2v) is 8.03. The Morgan fingerprint density at radius 1 is 1.33 bits per heavy atom. The van der Waals surface area contributed by atoms with Crippen molar-refractivity contribution in [1.82, 2.24) is 9.29 Å². The zero-order valence-electron chi connectivity index (χ0n) is 14.6. The van der Waals surface area contributed by atoms with Gasteiger partial charge in [-0.3, -0.25) is 4.79 Å². The quantitative estimate of drug-likeness (QED) is 0.838. The van der Waals surface area contributed by atoms with Crippen LogP contribution >= 0.6 is 0 Å². The van der Waals surface area contributed by atoms with Gasteiger partial charge in [0.2, 0.25) is 21.8 Å². The fraction of sp³-hybridized carbons (Fsp3) is 0.278. The molecule has 1 atom stereocenters. The van der Waals surface area contributed by atoms with Crippen molar-refractivity contribution in [3.63, 3.8) is 0 Å². The van der Waals surface area contributed by atoms with Crippen molar-refractivity contribution in [2.75, 3.05) is 18.4 Å². The van der Waals surface area contributed by atoms with Gasteiger partial charge in [0.05, 0.1) is 23.1 Å². The molecular formula is C18H18N4O4S. The minimum absolute atomic E-state index is 0.154. The first-order valence-corrected chi connectivity index (χ1v) is 9.73. The maximum absolute atomic E-state index is 12.8. The summed E-state index contributed by atoms with van der Waals surface area (Å²) in [5, 5.41) is 11.5. The van der Waals surface area contributed by atoms with Gasteiger partial charge in [0, 0.05) is 31.4 Å². The van der Waals surface area contributed by atoms with Crippen molar-refractivity contribution in [1.29, 1.82) is 5.26 Å². The molecular weight excluding hydrogens is 368 g/mol. The first kappa shape index (κ1) is 18.8. The number of benzene rings is 1. The van der Waals surface area contributed by atoms with E-state index in [-0.39, 0.29) is 23.5 Å². The summed E-state index contributed by atoms with van der Waals surface area (Å²) in [6.07, 6.45) is 1.68. The Morgan fingerprint density at radius 3 is 2.74 bits per heavy atom. The van der Waals surface area contributed by atoms with Crippen LogP contribution in [0.4, 0.5) is 5.69 Å². The average Bonchev–Trinajstić information content (AvgIpc) is 3.11. The zero-order valence-corrected chi connectivity index (χ0v) is 15.4. The second-order valence-electron chi connectivity index (χ2n) is 6.09. The van der Waals surface area contributed by atoms with E-state index in [1.807, 2.05) is 6.07 Å². The first-order valence-electron chi connectivity index (χ1n) is 8.29. The molecule has 1 saturated heterocycles. The number of amides is 1. The highest BCUT2D eigenvalue weighted by Gasteiger charge is 2.33.